The number of benzene rings is 1. The van der Waals surface area contributed by atoms with Gasteiger partial charge in [0.25, 0.3) is 0 Å². The Morgan fingerprint density at radius 3 is 2.57 bits per heavy atom. The predicted molar refractivity (Wildman–Crippen MR) is 87.5 cm³/mol. The van der Waals surface area contributed by atoms with Crippen LogP contribution in [0.3, 0.4) is 0 Å². The third kappa shape index (κ3) is 5.33. The largest absolute Gasteiger partial charge is 0.351 e. The fraction of sp³-hybridized carbons (Fsp3) is 0.467. The van der Waals surface area contributed by atoms with E-state index in [1.54, 1.807) is 4.90 Å². The van der Waals surface area contributed by atoms with E-state index in [9.17, 15) is 18.0 Å². The maximum Gasteiger partial charge on any atom is 0.229 e. The summed E-state index contributed by atoms with van der Waals surface area (Å²) in [6.45, 7) is 2.45. The van der Waals surface area contributed by atoms with Gasteiger partial charge in [-0.15, -0.1) is 0 Å². The quantitative estimate of drug-likeness (QED) is 0.771. The normalized spacial score (nSPS) is 18.3. The zero-order valence-electron chi connectivity index (χ0n) is 13.2. The van der Waals surface area contributed by atoms with Crippen LogP contribution in [0.2, 0.25) is 0 Å². The van der Waals surface area contributed by atoms with Crippen LogP contribution >= 0.6 is 0 Å². The molecule has 2 amide bonds. The topological polar surface area (TPSA) is 95.6 Å². The monoisotopic (exact) mass is 339 g/mol. The molecule has 0 saturated carbocycles. The summed E-state index contributed by atoms with van der Waals surface area (Å²) in [6.07, 6.45) is 1.33. The summed E-state index contributed by atoms with van der Waals surface area (Å²) < 4.78 is 24.1. The van der Waals surface area contributed by atoms with Gasteiger partial charge in [-0.25, -0.2) is 13.1 Å². The summed E-state index contributed by atoms with van der Waals surface area (Å²) in [5.74, 6) is -0.307. The predicted octanol–water partition coefficient (Wildman–Crippen LogP) is 0.156. The Hall–Kier alpha value is -1.93. The minimum atomic E-state index is -3.30. The van der Waals surface area contributed by atoms with Crippen LogP contribution < -0.4 is 14.9 Å². The number of nitrogens with one attached hydrogen (secondary N) is 2. The van der Waals surface area contributed by atoms with E-state index >= 15 is 0 Å². The van der Waals surface area contributed by atoms with Crippen molar-refractivity contribution in [3.63, 3.8) is 0 Å². The molecule has 1 atom stereocenters. The summed E-state index contributed by atoms with van der Waals surface area (Å²) in [6, 6.07) is 7.38. The lowest BCUT2D eigenvalue weighted by Crippen LogP contribution is -2.38. The molecule has 2 rings (SSSR count). The van der Waals surface area contributed by atoms with E-state index in [1.165, 1.54) is 0 Å². The molecule has 0 aromatic heterocycles. The molecule has 0 spiro atoms. The summed E-state index contributed by atoms with van der Waals surface area (Å²) >= 11 is 0. The molecule has 8 heteroatoms. The third-order valence-corrected chi connectivity index (χ3v) is 4.28. The van der Waals surface area contributed by atoms with Gasteiger partial charge in [-0.2, -0.15) is 0 Å². The van der Waals surface area contributed by atoms with Gasteiger partial charge in [0.2, 0.25) is 21.8 Å². The maximum atomic E-state index is 12.1. The maximum absolute atomic E-state index is 12.1. The van der Waals surface area contributed by atoms with E-state index in [0.29, 0.717) is 6.54 Å². The van der Waals surface area contributed by atoms with Gasteiger partial charge in [0.15, 0.2) is 0 Å². The van der Waals surface area contributed by atoms with Crippen molar-refractivity contribution >= 4 is 27.5 Å². The zero-order chi connectivity index (χ0) is 17.0. The molecular formula is C15H21N3O4S. The van der Waals surface area contributed by atoms with Crippen molar-refractivity contribution in [2.24, 2.45) is 0 Å². The van der Waals surface area contributed by atoms with Crippen LogP contribution in [0.5, 0.6) is 0 Å². The Labute approximate surface area is 136 Å². The smallest absolute Gasteiger partial charge is 0.229 e. The average molecular weight is 339 g/mol. The lowest BCUT2D eigenvalue weighted by molar-refractivity contribution is -0.121. The molecule has 0 bridgehead atoms. The van der Waals surface area contributed by atoms with Crippen LogP contribution in [-0.4, -0.2) is 45.6 Å². The van der Waals surface area contributed by atoms with Crippen LogP contribution in [0.1, 0.15) is 18.4 Å². The van der Waals surface area contributed by atoms with Crippen LogP contribution in [-0.2, 0) is 19.6 Å². The van der Waals surface area contributed by atoms with Gasteiger partial charge >= 0.3 is 0 Å². The molecule has 0 radical (unpaired) electrons. The van der Waals surface area contributed by atoms with Crippen molar-refractivity contribution in [3.8, 4) is 0 Å². The van der Waals surface area contributed by atoms with Crippen molar-refractivity contribution in [2.45, 2.75) is 25.8 Å². The number of sulfonamides is 1. The molecule has 7 nitrogen and oxygen atoms in total. The van der Waals surface area contributed by atoms with Crippen LogP contribution in [0.25, 0.3) is 0 Å². The number of carbonyl (C=O) groups excluding carboxylic acids is 2. The number of aryl methyl sites for hydroxylation is 1. The second-order valence-corrected chi connectivity index (χ2v) is 7.56. The Kier molecular flexibility index (Phi) is 5.38. The van der Waals surface area contributed by atoms with Gasteiger partial charge in [0, 0.05) is 31.6 Å². The molecule has 1 aliphatic rings. The molecule has 1 saturated heterocycles. The van der Waals surface area contributed by atoms with Crippen molar-refractivity contribution in [3.05, 3.63) is 29.8 Å². The van der Waals surface area contributed by atoms with Gasteiger partial charge in [-0.05, 0) is 19.1 Å². The summed E-state index contributed by atoms with van der Waals surface area (Å²) in [5.41, 5.74) is 1.93. The molecule has 2 N–H and O–H groups in total. The fourth-order valence-corrected chi connectivity index (χ4v) is 2.90. The number of nitrogens with zero attached hydrogens (tertiary/aromatic N) is 1. The van der Waals surface area contributed by atoms with Crippen molar-refractivity contribution in [1.29, 1.82) is 0 Å². The second-order valence-electron chi connectivity index (χ2n) is 5.72. The lowest BCUT2D eigenvalue weighted by Gasteiger charge is -2.17. The van der Waals surface area contributed by atoms with Gasteiger partial charge in [-0.3, -0.25) is 9.59 Å². The SMILES string of the molecule is Cc1ccc(N2C[C@@H](NC(=O)CCNS(C)(=O)=O)CC2=O)cc1. The number of hydrogen-bond acceptors (Lipinski definition) is 4. The van der Waals surface area contributed by atoms with Crippen LogP contribution in [0, 0.1) is 6.92 Å². The Balaban J connectivity index is 1.85. The first-order valence-electron chi connectivity index (χ1n) is 7.35. The minimum Gasteiger partial charge on any atom is -0.351 e. The number of anilines is 1. The van der Waals surface area contributed by atoms with Crippen LogP contribution in [0.15, 0.2) is 24.3 Å². The summed E-state index contributed by atoms with van der Waals surface area (Å²) in [7, 11) is -3.30. The van der Waals surface area contributed by atoms with E-state index in [-0.39, 0.29) is 37.2 Å². The molecule has 0 aliphatic carbocycles. The molecule has 126 valence electrons. The molecule has 1 aromatic rings. The van der Waals surface area contributed by atoms with E-state index < -0.39 is 10.0 Å². The van der Waals surface area contributed by atoms with Gasteiger partial charge in [-0.1, -0.05) is 17.7 Å². The highest BCUT2D eigenvalue weighted by Gasteiger charge is 2.31. The molecule has 0 unspecified atom stereocenters. The molecule has 23 heavy (non-hydrogen) atoms. The first-order valence-corrected chi connectivity index (χ1v) is 9.25. The van der Waals surface area contributed by atoms with Crippen LogP contribution in [0.4, 0.5) is 5.69 Å². The Morgan fingerprint density at radius 1 is 1.30 bits per heavy atom. The summed E-state index contributed by atoms with van der Waals surface area (Å²) in [4.78, 5) is 25.5. The highest BCUT2D eigenvalue weighted by Crippen LogP contribution is 2.21. The van der Waals surface area contributed by atoms with E-state index in [2.05, 4.69) is 10.0 Å². The number of amides is 2. The fourth-order valence-electron chi connectivity index (χ4n) is 2.43. The lowest BCUT2D eigenvalue weighted by atomic mass is 10.2. The molecule has 1 aliphatic heterocycles. The number of rotatable bonds is 6. The highest BCUT2D eigenvalue weighted by molar-refractivity contribution is 7.88. The molecule has 1 aromatic carbocycles. The first kappa shape index (κ1) is 17.4. The highest BCUT2D eigenvalue weighted by atomic mass is 32.2. The van der Waals surface area contributed by atoms with Gasteiger partial charge in [0.05, 0.1) is 12.3 Å². The third-order valence-electron chi connectivity index (χ3n) is 3.55. The molecule has 1 heterocycles. The molecule has 1 fully saturated rings. The Bertz CT molecular complexity index is 685. The standard InChI is InChI=1S/C15H21N3O4S/c1-11-3-5-13(6-4-11)18-10-12(9-15(18)20)17-14(19)7-8-16-23(2,21)22/h3-6,12,16H,7-10H2,1-2H3,(H,17,19)/t12-/m0/s1. The van der Waals surface area contributed by atoms with Crippen molar-refractivity contribution in [2.75, 3.05) is 24.2 Å². The van der Waals surface area contributed by atoms with E-state index in [1.807, 2.05) is 31.2 Å². The summed E-state index contributed by atoms with van der Waals surface area (Å²) in [5, 5.41) is 2.77. The number of hydrogen-bond donors (Lipinski definition) is 2. The first-order chi connectivity index (χ1) is 10.7. The van der Waals surface area contributed by atoms with E-state index in [0.717, 1.165) is 17.5 Å². The molecular weight excluding hydrogens is 318 g/mol. The van der Waals surface area contributed by atoms with Gasteiger partial charge in [0.1, 0.15) is 0 Å². The number of carbonyl (C=O) groups is 2. The van der Waals surface area contributed by atoms with Crippen molar-refractivity contribution < 1.29 is 18.0 Å². The van der Waals surface area contributed by atoms with Gasteiger partial charge < -0.3 is 10.2 Å². The minimum absolute atomic E-state index is 0.0339. The zero-order valence-corrected chi connectivity index (χ0v) is 14.0. The Morgan fingerprint density at radius 2 is 1.96 bits per heavy atom. The van der Waals surface area contributed by atoms with Crippen molar-refractivity contribution in [1.82, 2.24) is 10.0 Å². The van der Waals surface area contributed by atoms with E-state index in [4.69, 9.17) is 0 Å². The second kappa shape index (κ2) is 7.10. The average Bonchev–Trinajstić information content (AvgIpc) is 2.79.